The van der Waals surface area contributed by atoms with Gasteiger partial charge in [0.15, 0.2) is 81.5 Å². The van der Waals surface area contributed by atoms with Crippen LogP contribution in [0.1, 0.15) is 32.0 Å². The lowest BCUT2D eigenvalue weighted by molar-refractivity contribution is -0.144. The Kier molecular flexibility index (Phi) is 14.8. The summed E-state index contributed by atoms with van der Waals surface area (Å²) in [6.07, 6.45) is -11.9. The van der Waals surface area contributed by atoms with Gasteiger partial charge in [0.1, 0.15) is 44.2 Å². The van der Waals surface area contributed by atoms with Crippen molar-refractivity contribution < 1.29 is 87.8 Å². The normalized spacial score (nSPS) is 12.8. The number of allylic oxidation sites excluding steroid dienone is 2. The van der Waals surface area contributed by atoms with E-state index in [4.69, 9.17) is 0 Å². The summed E-state index contributed by atoms with van der Waals surface area (Å²) in [6.45, 7) is 0. The Bertz CT molecular complexity index is 4090. The Balaban J connectivity index is 0.921. The average molecular weight is 1270 g/mol. The maximum Gasteiger partial charge on any atom is 0.422 e. The van der Waals surface area contributed by atoms with Crippen LogP contribution >= 0.6 is 79.4 Å². The van der Waals surface area contributed by atoms with Crippen molar-refractivity contribution in [2.24, 2.45) is 0 Å². The fourth-order valence-corrected chi connectivity index (χ4v) is 16.0. The van der Waals surface area contributed by atoms with Crippen molar-refractivity contribution in [1.29, 1.82) is 10.5 Å². The molecule has 7 aromatic heterocycles. The molecule has 0 unspecified atom stereocenters. The summed E-state index contributed by atoms with van der Waals surface area (Å²) in [6, 6.07) is 21.6. The third-order valence-corrected chi connectivity index (χ3v) is 20.6. The van der Waals surface area contributed by atoms with E-state index in [-0.39, 0.29) is 32.4 Å². The Morgan fingerprint density at radius 3 is 0.864 bits per heavy atom. The van der Waals surface area contributed by atoms with Gasteiger partial charge in [-0.25, -0.2) is 61.5 Å². The molecule has 7 heterocycles. The number of alkyl halides is 6. The van der Waals surface area contributed by atoms with Gasteiger partial charge >= 0.3 is 12.4 Å². The van der Waals surface area contributed by atoms with Crippen molar-refractivity contribution in [2.45, 2.75) is 12.4 Å². The van der Waals surface area contributed by atoms with Gasteiger partial charge in [-0.05, 0) is 48.5 Å². The van der Waals surface area contributed by atoms with Crippen LogP contribution in [0.25, 0.3) is 92.1 Å². The zero-order valence-electron chi connectivity index (χ0n) is 38.2. The largest absolute Gasteiger partial charge is 0.422 e. The first-order chi connectivity index (χ1) is 38.2. The maximum absolute atomic E-state index is 15.8. The molecule has 0 N–H and O–H groups in total. The van der Waals surface area contributed by atoms with Crippen LogP contribution < -0.4 is 0 Å². The van der Waals surface area contributed by atoms with Crippen LogP contribution in [-0.4, -0.2) is 0 Å². The molecule has 29 heteroatoms. The van der Waals surface area contributed by atoms with Crippen molar-refractivity contribution in [3.8, 4) is 70.7 Å². The maximum atomic E-state index is 15.8. The summed E-state index contributed by atoms with van der Waals surface area (Å²) in [7, 11) is 0. The van der Waals surface area contributed by atoms with E-state index in [0.29, 0.717) is 19.5 Å². The summed E-state index contributed by atoms with van der Waals surface area (Å²) >= 11 is 5.66. The molecule has 0 fully saturated rings. The van der Waals surface area contributed by atoms with Crippen LogP contribution in [0.4, 0.5) is 87.8 Å². The number of hydrogen-bond donors (Lipinski definition) is 0. The summed E-state index contributed by atoms with van der Waals surface area (Å²) in [4.78, 5) is 1.07. The molecule has 3 aromatic carbocycles. The van der Waals surface area contributed by atoms with Gasteiger partial charge in [-0.3, -0.25) is 0 Å². The highest BCUT2D eigenvalue weighted by molar-refractivity contribution is 7.32. The molecule has 0 spiro atoms. The van der Waals surface area contributed by atoms with Crippen LogP contribution in [-0.2, 0) is 12.4 Å². The van der Waals surface area contributed by atoms with Gasteiger partial charge in [0.2, 0.25) is 0 Å². The predicted octanol–water partition coefficient (Wildman–Crippen LogP) is 21.7. The van der Waals surface area contributed by atoms with Gasteiger partial charge in [0.25, 0.3) is 0 Å². The fraction of sp³-hybridized carbons (Fsp3) is 0.0385. The summed E-state index contributed by atoms with van der Waals surface area (Å²) in [5.74, 6) is -35.2. The first kappa shape index (κ1) is 57.1. The predicted molar refractivity (Wildman–Crippen MR) is 271 cm³/mol. The smallest absolute Gasteiger partial charge is 0.204 e. The number of hydrogen-bond acceptors (Lipinski definition) is 9. The van der Waals surface area contributed by atoms with Gasteiger partial charge in [-0.1, -0.05) is 24.3 Å². The highest BCUT2D eigenvalue weighted by atomic mass is 32.1. The number of thiophene rings is 7. The molecule has 0 radical (unpaired) electrons. The molecule has 0 amide bonds. The van der Waals surface area contributed by atoms with Crippen LogP contribution in [0.15, 0.2) is 72.8 Å². The highest BCUT2D eigenvalue weighted by Gasteiger charge is 2.45. The number of rotatable bonds is 10. The second kappa shape index (κ2) is 21.0. The molecule has 2 nitrogen and oxygen atoms in total. The third-order valence-electron chi connectivity index (χ3n) is 11.7. The summed E-state index contributed by atoms with van der Waals surface area (Å²) < 4.78 is 289. The van der Waals surface area contributed by atoms with Crippen LogP contribution in [0.3, 0.4) is 0 Å². The van der Waals surface area contributed by atoms with Gasteiger partial charge in [-0.15, -0.1) is 79.4 Å². The molecule has 0 bridgehead atoms. The second-order valence-corrected chi connectivity index (χ2v) is 23.7. The molecule has 412 valence electrons. The van der Waals surface area contributed by atoms with Gasteiger partial charge in [-0.2, -0.15) is 36.9 Å². The molecular weight excluding hydrogens is 1260 g/mol. The number of benzene rings is 3. The SMILES string of the molecule is N#C/C(=C(/F)c1sc(-c2ccc(-c3ccc(-c4sc(-c5ccc(-c6ccc(-c7sc(/C(F)=C(\C#N)c8c(F)c(F)c(C(F)(F)F)c(F)c8F)c(F)c7F)s6)s5)c5ccccc45)s3)s2)c(F)c1F)c1c(F)c(F)c(C(F)(F)F)c(F)c1F. The van der Waals surface area contributed by atoms with E-state index >= 15 is 26.3 Å². The van der Waals surface area contributed by atoms with Crippen molar-refractivity contribution >= 4 is 113 Å². The lowest BCUT2D eigenvalue weighted by Crippen LogP contribution is -2.17. The van der Waals surface area contributed by atoms with Gasteiger partial charge in [0.05, 0.1) is 30.6 Å². The van der Waals surface area contributed by atoms with E-state index in [9.17, 15) is 72.0 Å². The van der Waals surface area contributed by atoms with E-state index in [1.54, 1.807) is 36.4 Å². The molecule has 10 aromatic rings. The number of halogens is 20. The number of fused-ring (bicyclic) bond motifs is 1. The van der Waals surface area contributed by atoms with E-state index < -0.39 is 147 Å². The molecular formula is C52H12F20N2S7. The monoisotopic (exact) mass is 1270 g/mol. The Morgan fingerprint density at radius 1 is 0.321 bits per heavy atom. The van der Waals surface area contributed by atoms with E-state index in [0.717, 1.165) is 65.1 Å². The number of nitrogens with zero attached hydrogens (tertiary/aromatic N) is 2. The first-order valence-corrected chi connectivity index (χ1v) is 27.3. The third kappa shape index (κ3) is 9.54. The van der Waals surface area contributed by atoms with E-state index in [2.05, 4.69) is 0 Å². The Labute approximate surface area is 466 Å². The second-order valence-electron chi connectivity index (χ2n) is 16.3. The van der Waals surface area contributed by atoms with E-state index in [1.807, 2.05) is 12.1 Å². The van der Waals surface area contributed by atoms with Crippen molar-refractivity contribution in [1.82, 2.24) is 0 Å². The van der Waals surface area contributed by atoms with Crippen molar-refractivity contribution in [3.05, 3.63) is 175 Å². The summed E-state index contributed by atoms with van der Waals surface area (Å²) in [5.41, 5.74) is -14.4. The molecule has 10 rings (SSSR count). The van der Waals surface area contributed by atoms with Crippen molar-refractivity contribution in [2.75, 3.05) is 0 Å². The lowest BCUT2D eigenvalue weighted by Gasteiger charge is -2.14. The zero-order valence-corrected chi connectivity index (χ0v) is 44.0. The fourth-order valence-electron chi connectivity index (χ4n) is 8.06. The molecule has 0 saturated heterocycles. The average Bonchev–Trinajstić information content (AvgIpc) is 4.42. The molecule has 0 aliphatic heterocycles. The minimum absolute atomic E-state index is 0.00871. The lowest BCUT2D eigenvalue weighted by atomic mass is 10.00. The topological polar surface area (TPSA) is 47.6 Å². The molecule has 0 saturated carbocycles. The minimum Gasteiger partial charge on any atom is -0.204 e. The zero-order chi connectivity index (χ0) is 58.6. The van der Waals surface area contributed by atoms with Crippen molar-refractivity contribution in [3.63, 3.8) is 0 Å². The van der Waals surface area contributed by atoms with Gasteiger partial charge < -0.3 is 0 Å². The minimum atomic E-state index is -5.97. The molecule has 0 atom stereocenters. The first-order valence-electron chi connectivity index (χ1n) is 21.6. The Hall–Kier alpha value is -7.12. The molecule has 81 heavy (non-hydrogen) atoms. The van der Waals surface area contributed by atoms with Crippen LogP contribution in [0, 0.1) is 92.5 Å². The molecule has 0 aliphatic carbocycles. The van der Waals surface area contributed by atoms with Gasteiger partial charge in [0, 0.05) is 49.8 Å². The quantitative estimate of drug-likeness (QED) is 0.0778. The Morgan fingerprint density at radius 2 is 0.593 bits per heavy atom. The summed E-state index contributed by atoms with van der Waals surface area (Å²) in [5, 5.41) is 20.7. The number of nitriles is 2. The van der Waals surface area contributed by atoms with Crippen LogP contribution in [0.5, 0.6) is 0 Å². The highest BCUT2D eigenvalue weighted by Crippen LogP contribution is 2.53. The molecule has 0 aliphatic rings. The van der Waals surface area contributed by atoms with Crippen LogP contribution in [0.2, 0.25) is 0 Å². The standard InChI is InChI=1S/C52H12F20N2S7/c53-31(17(13-73)27-33(55)37(59)29(51(67,68)69)38(60)34(27)56)49-43(65)41(63)47(80-49)25-11-7-21(77-25)19-5-9-23(75-19)45-15-3-1-2-4-16(15)46(79-45)24-10-6-20(76-24)22-8-12-26(78-22)48-42(64)44(66)50(81-48)32(54)18(14-74)28-35(57)39(61)30(52(70,71)72)40(62)36(28)58/h1-12H/b31-17-,32-18-. The van der Waals surface area contributed by atoms with E-state index in [1.165, 1.54) is 58.3 Å².